The minimum atomic E-state index is -0.380. The van der Waals surface area contributed by atoms with Crippen LogP contribution in [-0.4, -0.2) is 30.4 Å². The second kappa shape index (κ2) is 10.3. The minimum Gasteiger partial charge on any atom is -0.507 e. The molecule has 0 fully saturated rings. The van der Waals surface area contributed by atoms with E-state index in [9.17, 15) is 9.90 Å². The lowest BCUT2D eigenvalue weighted by molar-refractivity contribution is -0.123. The summed E-state index contributed by atoms with van der Waals surface area (Å²) in [6.07, 6.45) is 2.27. The molecule has 0 aliphatic rings. The minimum absolute atomic E-state index is 0.0317. The second-order valence-corrected chi connectivity index (χ2v) is 6.85. The molecule has 0 unspecified atom stereocenters. The van der Waals surface area contributed by atoms with Crippen molar-refractivity contribution in [1.82, 2.24) is 5.43 Å². The number of ether oxygens (including phenoxy) is 2. The molecule has 2 aromatic rings. The Morgan fingerprint density at radius 2 is 2.00 bits per heavy atom. The number of amides is 1. The molecule has 0 radical (unpaired) electrons. The maximum atomic E-state index is 12.0. The van der Waals surface area contributed by atoms with Crippen LogP contribution in [0.5, 0.6) is 17.2 Å². The molecule has 1 amide bonds. The first-order valence-electron chi connectivity index (χ1n) is 9.41. The Labute approximate surface area is 166 Å². The lowest BCUT2D eigenvalue weighted by Gasteiger charge is -2.14. The molecule has 150 valence electrons. The van der Waals surface area contributed by atoms with Crippen molar-refractivity contribution in [3.05, 3.63) is 53.1 Å². The van der Waals surface area contributed by atoms with E-state index in [1.54, 1.807) is 12.1 Å². The molecule has 2 aromatic carbocycles. The van der Waals surface area contributed by atoms with E-state index in [4.69, 9.17) is 9.47 Å². The van der Waals surface area contributed by atoms with Crippen LogP contribution in [0.25, 0.3) is 0 Å². The number of aryl methyl sites for hydroxylation is 1. The molecule has 0 saturated carbocycles. The number of hydrogen-bond donors (Lipinski definition) is 2. The van der Waals surface area contributed by atoms with Crippen molar-refractivity contribution < 1.29 is 19.4 Å². The number of phenolic OH excluding ortho intramolecular Hbond substituents is 1. The van der Waals surface area contributed by atoms with E-state index in [0.717, 1.165) is 17.5 Å². The van der Waals surface area contributed by atoms with E-state index in [1.165, 1.54) is 12.3 Å². The Kier molecular flexibility index (Phi) is 7.87. The molecule has 2 rings (SSSR count). The summed E-state index contributed by atoms with van der Waals surface area (Å²) >= 11 is 0. The third kappa shape index (κ3) is 6.30. The van der Waals surface area contributed by atoms with Gasteiger partial charge in [0.2, 0.25) is 0 Å². The Morgan fingerprint density at radius 1 is 1.21 bits per heavy atom. The van der Waals surface area contributed by atoms with Crippen LogP contribution in [0.3, 0.4) is 0 Å². The quantitative estimate of drug-likeness (QED) is 0.503. The smallest absolute Gasteiger partial charge is 0.277 e. The molecule has 2 N–H and O–H groups in total. The summed E-state index contributed by atoms with van der Waals surface area (Å²) in [7, 11) is 0. The van der Waals surface area contributed by atoms with Gasteiger partial charge in [-0.05, 0) is 48.6 Å². The van der Waals surface area contributed by atoms with Gasteiger partial charge in [0, 0.05) is 11.6 Å². The van der Waals surface area contributed by atoms with E-state index >= 15 is 0 Å². The van der Waals surface area contributed by atoms with Crippen LogP contribution >= 0.6 is 0 Å². The molecule has 28 heavy (non-hydrogen) atoms. The highest BCUT2D eigenvalue weighted by molar-refractivity contribution is 5.85. The van der Waals surface area contributed by atoms with Crippen LogP contribution < -0.4 is 14.9 Å². The van der Waals surface area contributed by atoms with E-state index in [0.29, 0.717) is 29.6 Å². The van der Waals surface area contributed by atoms with Gasteiger partial charge >= 0.3 is 0 Å². The number of phenols is 1. The van der Waals surface area contributed by atoms with E-state index in [2.05, 4.69) is 24.4 Å². The zero-order valence-corrected chi connectivity index (χ0v) is 16.9. The largest absolute Gasteiger partial charge is 0.507 e. The fourth-order valence-corrected chi connectivity index (χ4v) is 2.54. The maximum absolute atomic E-state index is 12.0. The average Bonchev–Trinajstić information content (AvgIpc) is 2.66. The number of carbonyl (C=O) groups excluding carboxylic acids is 1. The summed E-state index contributed by atoms with van der Waals surface area (Å²) in [4.78, 5) is 12.0. The predicted molar refractivity (Wildman–Crippen MR) is 110 cm³/mol. The number of nitrogens with zero attached hydrogens (tertiary/aromatic N) is 1. The zero-order chi connectivity index (χ0) is 20.5. The van der Waals surface area contributed by atoms with E-state index < -0.39 is 0 Å². The lowest BCUT2D eigenvalue weighted by Crippen LogP contribution is -2.25. The Morgan fingerprint density at radius 3 is 2.68 bits per heavy atom. The van der Waals surface area contributed by atoms with Crippen molar-refractivity contribution in [3.63, 3.8) is 0 Å². The van der Waals surface area contributed by atoms with Crippen LogP contribution in [0.2, 0.25) is 0 Å². The van der Waals surface area contributed by atoms with Gasteiger partial charge in [0.15, 0.2) is 6.61 Å². The van der Waals surface area contributed by atoms with Crippen molar-refractivity contribution in [3.8, 4) is 17.2 Å². The number of rotatable bonds is 9. The third-order valence-electron chi connectivity index (χ3n) is 4.02. The number of nitrogens with one attached hydrogen (secondary N) is 1. The van der Waals surface area contributed by atoms with Crippen LogP contribution in [0.4, 0.5) is 0 Å². The van der Waals surface area contributed by atoms with Crippen LogP contribution in [-0.2, 0) is 4.79 Å². The van der Waals surface area contributed by atoms with Crippen LogP contribution in [0, 0.1) is 6.92 Å². The van der Waals surface area contributed by atoms with Crippen molar-refractivity contribution in [2.75, 3.05) is 13.2 Å². The fraction of sp³-hybridized carbons (Fsp3) is 0.364. The molecule has 0 spiro atoms. The van der Waals surface area contributed by atoms with Gasteiger partial charge in [-0.1, -0.05) is 32.9 Å². The first-order valence-corrected chi connectivity index (χ1v) is 9.41. The number of benzene rings is 2. The summed E-state index contributed by atoms with van der Waals surface area (Å²) in [5, 5.41) is 13.9. The first kappa shape index (κ1) is 21.3. The molecule has 0 heterocycles. The number of hydrogen-bond acceptors (Lipinski definition) is 5. The summed E-state index contributed by atoms with van der Waals surface area (Å²) in [5.74, 6) is 1.24. The SMILES string of the molecule is CCCOc1ccc(/C=N/NC(=O)COc2cc(C)ccc2C(C)C)c(O)c1. The molecule has 0 atom stereocenters. The van der Waals surface area contributed by atoms with Crippen molar-refractivity contribution >= 4 is 12.1 Å². The van der Waals surface area contributed by atoms with Gasteiger partial charge in [0.1, 0.15) is 17.2 Å². The van der Waals surface area contributed by atoms with Crippen LogP contribution in [0.1, 0.15) is 49.8 Å². The van der Waals surface area contributed by atoms with Crippen molar-refractivity contribution in [1.29, 1.82) is 0 Å². The molecule has 6 nitrogen and oxygen atoms in total. The molecule has 0 aliphatic carbocycles. The highest BCUT2D eigenvalue weighted by Crippen LogP contribution is 2.27. The molecule has 0 saturated heterocycles. The topological polar surface area (TPSA) is 80.2 Å². The fourth-order valence-electron chi connectivity index (χ4n) is 2.54. The predicted octanol–water partition coefficient (Wildman–Crippen LogP) is 4.14. The number of hydrazone groups is 1. The van der Waals surface area contributed by atoms with Gasteiger partial charge < -0.3 is 14.6 Å². The highest BCUT2D eigenvalue weighted by atomic mass is 16.5. The molecule has 0 aliphatic heterocycles. The third-order valence-corrected chi connectivity index (χ3v) is 4.02. The second-order valence-electron chi connectivity index (χ2n) is 6.85. The average molecular weight is 384 g/mol. The molecular formula is C22H28N2O4. The summed E-state index contributed by atoms with van der Waals surface area (Å²) in [6.45, 7) is 8.58. The zero-order valence-electron chi connectivity index (χ0n) is 16.9. The van der Waals surface area contributed by atoms with Crippen molar-refractivity contribution in [2.24, 2.45) is 5.10 Å². The lowest BCUT2D eigenvalue weighted by atomic mass is 10.0. The van der Waals surface area contributed by atoms with Gasteiger partial charge in [-0.25, -0.2) is 5.43 Å². The molecule has 0 bridgehead atoms. The first-order chi connectivity index (χ1) is 13.4. The molecule has 0 aromatic heterocycles. The highest BCUT2D eigenvalue weighted by Gasteiger charge is 2.10. The summed E-state index contributed by atoms with van der Waals surface area (Å²) in [5.41, 5.74) is 5.00. The van der Waals surface area contributed by atoms with Gasteiger partial charge in [-0.15, -0.1) is 0 Å². The van der Waals surface area contributed by atoms with Gasteiger partial charge in [0.05, 0.1) is 12.8 Å². The number of aromatic hydroxyl groups is 1. The van der Waals surface area contributed by atoms with Gasteiger partial charge in [-0.2, -0.15) is 5.10 Å². The van der Waals surface area contributed by atoms with Gasteiger partial charge in [-0.3, -0.25) is 4.79 Å². The normalized spacial score (nSPS) is 11.0. The monoisotopic (exact) mass is 384 g/mol. The van der Waals surface area contributed by atoms with Crippen LogP contribution in [0.15, 0.2) is 41.5 Å². The van der Waals surface area contributed by atoms with Gasteiger partial charge in [0.25, 0.3) is 5.91 Å². The molecular weight excluding hydrogens is 356 g/mol. The Balaban J connectivity index is 1.90. The summed E-state index contributed by atoms with van der Waals surface area (Å²) in [6, 6.07) is 10.9. The van der Waals surface area contributed by atoms with E-state index in [1.807, 2.05) is 32.0 Å². The van der Waals surface area contributed by atoms with E-state index in [-0.39, 0.29) is 18.3 Å². The maximum Gasteiger partial charge on any atom is 0.277 e. The molecule has 6 heteroatoms. The Bertz CT molecular complexity index is 831. The number of carbonyl (C=O) groups is 1. The summed E-state index contributed by atoms with van der Waals surface area (Å²) < 4.78 is 11.1. The Hall–Kier alpha value is -3.02. The standard InChI is InChI=1S/C22H28N2O4/c1-5-10-27-18-8-7-17(20(25)12-18)13-23-24-22(26)14-28-21-11-16(4)6-9-19(21)15(2)3/h6-9,11-13,15,25H,5,10,14H2,1-4H3,(H,24,26)/b23-13+. The van der Waals surface area contributed by atoms with Crippen molar-refractivity contribution in [2.45, 2.75) is 40.0 Å².